The zero-order valence-electron chi connectivity index (χ0n) is 11.5. The van der Waals surface area contributed by atoms with E-state index in [0.717, 1.165) is 0 Å². The van der Waals surface area contributed by atoms with Crippen LogP contribution in [0.2, 0.25) is 0 Å². The number of hydrogen-bond donors (Lipinski definition) is 5. The molecule has 12 heteroatoms. The molecule has 0 aliphatic rings. The van der Waals surface area contributed by atoms with Crippen molar-refractivity contribution in [1.82, 2.24) is 5.32 Å². The van der Waals surface area contributed by atoms with E-state index >= 15 is 0 Å². The molecule has 0 aliphatic heterocycles. The molecule has 0 saturated carbocycles. The summed E-state index contributed by atoms with van der Waals surface area (Å²) < 4.78 is 31.8. The van der Waals surface area contributed by atoms with Gasteiger partial charge in [-0.2, -0.15) is 0 Å². The van der Waals surface area contributed by atoms with Crippen molar-refractivity contribution in [2.45, 2.75) is 18.2 Å². The number of amides is 1. The third-order valence-electron chi connectivity index (χ3n) is 2.41. The smallest absolute Gasteiger partial charge is 0.340 e. The van der Waals surface area contributed by atoms with Crippen LogP contribution in [0.4, 0.5) is 0 Å². The summed E-state index contributed by atoms with van der Waals surface area (Å²) in [6.45, 7) is 1.19. The Labute approximate surface area is 122 Å². The van der Waals surface area contributed by atoms with Crippen molar-refractivity contribution in [3.8, 4) is 0 Å². The summed E-state index contributed by atoms with van der Waals surface area (Å²) in [5.41, 5.74) is 0. The first-order chi connectivity index (χ1) is 9.59. The van der Waals surface area contributed by atoms with Gasteiger partial charge in [-0.1, -0.05) is 0 Å². The van der Waals surface area contributed by atoms with E-state index in [1.807, 2.05) is 0 Å². The second kappa shape index (κ2) is 9.66. The molecule has 0 spiro atoms. The Morgan fingerprint density at radius 1 is 1.10 bits per heavy atom. The van der Waals surface area contributed by atoms with Gasteiger partial charge in [0.05, 0.1) is 19.8 Å². The monoisotopic (exact) mass is 349 g/mol. The molecule has 1 amide bonds. The van der Waals surface area contributed by atoms with E-state index in [4.69, 9.17) is 29.0 Å². The largest absolute Gasteiger partial charge is 0.382 e. The maximum absolute atomic E-state index is 11.4. The molecule has 0 rings (SSSR count). The highest BCUT2D eigenvalue weighted by atomic mass is 31.2. The number of ether oxygens (including phenoxy) is 2. The second-order valence-corrected chi connectivity index (χ2v) is 8.16. The summed E-state index contributed by atoms with van der Waals surface area (Å²) in [6, 6.07) is 0. The Hall–Kier alpha value is -0.310. The van der Waals surface area contributed by atoms with Crippen LogP contribution in [0.15, 0.2) is 0 Å². The van der Waals surface area contributed by atoms with E-state index in [1.54, 1.807) is 0 Å². The van der Waals surface area contributed by atoms with E-state index in [1.165, 1.54) is 7.11 Å². The number of methoxy groups -OCH3 is 1. The van der Waals surface area contributed by atoms with Gasteiger partial charge in [-0.05, 0) is 6.42 Å². The van der Waals surface area contributed by atoms with Crippen LogP contribution in [-0.4, -0.2) is 64.4 Å². The van der Waals surface area contributed by atoms with Crippen molar-refractivity contribution in [2.75, 3.05) is 33.5 Å². The Balaban J connectivity index is 4.05. The number of nitrogens with one attached hydrogen (secondary N) is 1. The third-order valence-corrected chi connectivity index (χ3v) is 6.28. The molecule has 0 heterocycles. The Kier molecular flexibility index (Phi) is 9.51. The van der Waals surface area contributed by atoms with E-state index in [0.29, 0.717) is 13.2 Å². The molecule has 21 heavy (non-hydrogen) atoms. The van der Waals surface area contributed by atoms with Gasteiger partial charge in [-0.3, -0.25) is 13.9 Å². The average molecular weight is 349 g/mol. The van der Waals surface area contributed by atoms with Crippen LogP contribution in [0.25, 0.3) is 0 Å². The molecule has 0 aliphatic carbocycles. The van der Waals surface area contributed by atoms with Crippen molar-refractivity contribution in [3.63, 3.8) is 0 Å². The first-order valence-corrected chi connectivity index (χ1v) is 9.39. The number of carbonyl (C=O) groups is 1. The van der Waals surface area contributed by atoms with Crippen LogP contribution in [0.1, 0.15) is 12.8 Å². The molecule has 0 aromatic carbocycles. The Morgan fingerprint density at radius 3 is 2.14 bits per heavy atom. The van der Waals surface area contributed by atoms with Gasteiger partial charge in [-0.15, -0.1) is 0 Å². The van der Waals surface area contributed by atoms with Crippen LogP contribution < -0.4 is 5.32 Å². The molecule has 0 fully saturated rings. The van der Waals surface area contributed by atoms with Gasteiger partial charge in [0.2, 0.25) is 5.91 Å². The van der Waals surface area contributed by atoms with E-state index < -0.39 is 39.3 Å². The van der Waals surface area contributed by atoms with Gasteiger partial charge in [0.1, 0.15) is 0 Å². The number of rotatable bonds is 11. The Morgan fingerprint density at radius 2 is 1.67 bits per heavy atom. The summed E-state index contributed by atoms with van der Waals surface area (Å²) in [5.74, 6) is -0.572. The van der Waals surface area contributed by atoms with Gasteiger partial charge in [0.25, 0.3) is 0 Å². The van der Waals surface area contributed by atoms with Crippen molar-refractivity contribution in [3.05, 3.63) is 0 Å². The van der Waals surface area contributed by atoms with Gasteiger partial charge in [0.15, 0.2) is 5.40 Å². The SMILES string of the molecule is COCCOCCNC(=O)CCC(P(=O)(O)O)P(=O)(O)O. The number of hydrogen-bond acceptors (Lipinski definition) is 5. The molecule has 0 bridgehead atoms. The van der Waals surface area contributed by atoms with Gasteiger partial charge in [-0.25, -0.2) is 0 Å². The van der Waals surface area contributed by atoms with Crippen LogP contribution in [0.3, 0.4) is 0 Å². The summed E-state index contributed by atoms with van der Waals surface area (Å²) in [4.78, 5) is 46.9. The quantitative estimate of drug-likeness (QED) is 0.238. The van der Waals surface area contributed by atoms with Crippen LogP contribution in [0.5, 0.6) is 0 Å². The lowest BCUT2D eigenvalue weighted by Crippen LogP contribution is -2.28. The maximum Gasteiger partial charge on any atom is 0.340 e. The Bertz CT molecular complexity index is 382. The normalized spacial score (nSPS) is 12.7. The molecule has 10 nitrogen and oxygen atoms in total. The van der Waals surface area contributed by atoms with Gasteiger partial charge < -0.3 is 34.4 Å². The highest BCUT2D eigenvalue weighted by molar-refractivity contribution is 7.70. The van der Waals surface area contributed by atoms with Crippen molar-refractivity contribution in [1.29, 1.82) is 0 Å². The van der Waals surface area contributed by atoms with Crippen LogP contribution >= 0.6 is 15.2 Å². The lowest BCUT2D eigenvalue weighted by atomic mass is 10.3. The minimum atomic E-state index is -4.98. The van der Waals surface area contributed by atoms with E-state index in [-0.39, 0.29) is 13.2 Å². The first-order valence-electron chi connectivity index (χ1n) is 6.03. The zero-order valence-corrected chi connectivity index (χ0v) is 13.3. The fourth-order valence-electron chi connectivity index (χ4n) is 1.39. The second-order valence-electron chi connectivity index (χ2n) is 4.15. The fourth-order valence-corrected chi connectivity index (χ4v) is 3.89. The molecule has 0 radical (unpaired) electrons. The lowest BCUT2D eigenvalue weighted by Gasteiger charge is -2.19. The van der Waals surface area contributed by atoms with Crippen LogP contribution in [-0.2, 0) is 23.4 Å². The summed E-state index contributed by atoms with van der Waals surface area (Å²) in [7, 11) is -8.44. The van der Waals surface area contributed by atoms with E-state index in [9.17, 15) is 13.9 Å². The highest BCUT2D eigenvalue weighted by Gasteiger charge is 2.43. The first kappa shape index (κ1) is 20.7. The molecule has 0 atom stereocenters. The molecule has 0 aromatic rings. The zero-order chi connectivity index (χ0) is 16.5. The van der Waals surface area contributed by atoms with Crippen molar-refractivity contribution >= 4 is 21.1 Å². The average Bonchev–Trinajstić information content (AvgIpc) is 2.30. The minimum absolute atomic E-state index is 0.180. The lowest BCUT2D eigenvalue weighted by molar-refractivity contribution is -0.121. The third kappa shape index (κ3) is 10.1. The predicted molar refractivity (Wildman–Crippen MR) is 72.8 cm³/mol. The molecule has 0 saturated heterocycles. The predicted octanol–water partition coefficient (Wildman–Crippen LogP) is -0.773. The summed E-state index contributed by atoms with van der Waals surface area (Å²) >= 11 is 0. The maximum atomic E-state index is 11.4. The molecule has 126 valence electrons. The molecule has 0 unspecified atom stereocenters. The topological polar surface area (TPSA) is 163 Å². The summed E-state index contributed by atoms with van der Waals surface area (Å²) in [6.07, 6.45) is -1.01. The molecule has 0 aromatic heterocycles. The summed E-state index contributed by atoms with van der Waals surface area (Å²) in [5, 5.41) is 0.249. The highest BCUT2D eigenvalue weighted by Crippen LogP contribution is 2.61. The molecule has 5 N–H and O–H groups in total. The molecular formula is C9H21NO9P2. The fraction of sp³-hybridized carbons (Fsp3) is 0.889. The van der Waals surface area contributed by atoms with E-state index in [2.05, 4.69) is 5.32 Å². The minimum Gasteiger partial charge on any atom is -0.382 e. The van der Waals surface area contributed by atoms with Crippen molar-refractivity contribution in [2.24, 2.45) is 0 Å². The van der Waals surface area contributed by atoms with Crippen molar-refractivity contribution < 1.29 is 43.0 Å². The van der Waals surface area contributed by atoms with Gasteiger partial charge >= 0.3 is 15.2 Å². The number of carbonyl (C=O) groups excluding carboxylic acids is 1. The van der Waals surface area contributed by atoms with Gasteiger partial charge in [0, 0.05) is 20.1 Å². The molecular weight excluding hydrogens is 328 g/mol. The van der Waals surface area contributed by atoms with Crippen LogP contribution in [0, 0.1) is 0 Å². The standard InChI is InChI=1S/C9H21NO9P2/c1-18-6-7-19-5-4-10-8(11)2-3-9(20(12,13)14)21(15,16)17/h9H,2-7H2,1H3,(H,10,11)(H2,12,13,14)(H2,15,16,17).